The van der Waals surface area contributed by atoms with E-state index in [-0.39, 0.29) is 23.5 Å². The van der Waals surface area contributed by atoms with Crippen LogP contribution in [0, 0.1) is 31.5 Å². The van der Waals surface area contributed by atoms with Gasteiger partial charge < -0.3 is 15.2 Å². The van der Waals surface area contributed by atoms with Crippen molar-refractivity contribution in [2.24, 2.45) is 11.8 Å². The molecule has 1 aromatic heterocycles. The van der Waals surface area contributed by atoms with E-state index >= 15 is 0 Å². The number of hydrogen-bond acceptors (Lipinski definition) is 3. The molecule has 1 unspecified atom stereocenters. The molecule has 0 radical (unpaired) electrons. The van der Waals surface area contributed by atoms with E-state index in [4.69, 9.17) is 0 Å². The zero-order valence-electron chi connectivity index (χ0n) is 19.7. The van der Waals surface area contributed by atoms with Gasteiger partial charge in [0.2, 0.25) is 5.91 Å². The van der Waals surface area contributed by atoms with Gasteiger partial charge in [-0.2, -0.15) is 0 Å². The number of rotatable bonds is 6. The Kier molecular flexibility index (Phi) is 7.48. The molecule has 1 aromatic carbocycles. The minimum atomic E-state index is -0.153. The van der Waals surface area contributed by atoms with Gasteiger partial charge in [0.05, 0.1) is 5.92 Å². The van der Waals surface area contributed by atoms with Crippen LogP contribution in [0.25, 0.3) is 0 Å². The summed E-state index contributed by atoms with van der Waals surface area (Å²) in [7, 11) is 0. The number of nitrogens with zero attached hydrogens (tertiary/aromatic N) is 2. The molecule has 178 valence electrons. The zero-order chi connectivity index (χ0) is 23.4. The molecule has 4 rings (SSSR count). The second kappa shape index (κ2) is 10.5. The lowest BCUT2D eigenvalue weighted by Gasteiger charge is -2.34. The first-order chi connectivity index (χ1) is 15.9. The van der Waals surface area contributed by atoms with Gasteiger partial charge in [0.25, 0.3) is 5.91 Å². The highest BCUT2D eigenvalue weighted by molar-refractivity contribution is 5.94. The van der Waals surface area contributed by atoms with Crippen molar-refractivity contribution in [3.05, 3.63) is 58.7 Å². The zero-order valence-corrected chi connectivity index (χ0v) is 19.7. The van der Waals surface area contributed by atoms with Crippen molar-refractivity contribution in [1.82, 2.24) is 20.1 Å². The average Bonchev–Trinajstić information content (AvgIpc) is 3.17. The standard InChI is InChI=1S/C26H35FN4O2/c1-18-14-19(2)29-24(18)26(33)31-11-5-7-22(17-31)25(32)28-15-20-9-12-30(13-10-20)16-21-6-3-4-8-23(21)27/h3-4,6,8,14,20,22,29H,5,7,9-13,15-17H2,1-2H3,(H,28,32). The Hall–Kier alpha value is -2.67. The molecule has 2 amide bonds. The minimum absolute atomic E-state index is 0.0136. The molecule has 3 heterocycles. The van der Waals surface area contributed by atoms with Gasteiger partial charge in [-0.15, -0.1) is 0 Å². The van der Waals surface area contributed by atoms with Crippen molar-refractivity contribution in [2.75, 3.05) is 32.7 Å². The largest absolute Gasteiger partial charge is 0.356 e. The lowest BCUT2D eigenvalue weighted by atomic mass is 9.94. The summed E-state index contributed by atoms with van der Waals surface area (Å²) >= 11 is 0. The van der Waals surface area contributed by atoms with E-state index in [0.717, 1.165) is 55.6 Å². The monoisotopic (exact) mass is 454 g/mol. The SMILES string of the molecule is Cc1cc(C)c(C(=O)N2CCCC(C(=O)NCC3CCN(Cc4ccccc4F)CC3)C2)[nH]1. The van der Waals surface area contributed by atoms with Crippen molar-refractivity contribution in [3.8, 4) is 0 Å². The number of carbonyl (C=O) groups excluding carboxylic acids is 2. The molecule has 2 aromatic rings. The predicted octanol–water partition coefficient (Wildman–Crippen LogP) is 3.65. The first-order valence-electron chi connectivity index (χ1n) is 12.1. The highest BCUT2D eigenvalue weighted by atomic mass is 19.1. The van der Waals surface area contributed by atoms with E-state index in [9.17, 15) is 14.0 Å². The number of amides is 2. The highest BCUT2D eigenvalue weighted by Crippen LogP contribution is 2.22. The van der Waals surface area contributed by atoms with E-state index in [1.807, 2.05) is 36.9 Å². The van der Waals surface area contributed by atoms with Crippen molar-refractivity contribution in [2.45, 2.75) is 46.1 Å². The molecule has 6 nitrogen and oxygen atoms in total. The first-order valence-corrected chi connectivity index (χ1v) is 12.1. The highest BCUT2D eigenvalue weighted by Gasteiger charge is 2.30. The Morgan fingerprint density at radius 1 is 1.12 bits per heavy atom. The van der Waals surface area contributed by atoms with E-state index in [1.165, 1.54) is 6.07 Å². The normalized spacial score (nSPS) is 20.1. The summed E-state index contributed by atoms with van der Waals surface area (Å²) in [4.78, 5) is 33.0. The number of piperidine rings is 2. The summed E-state index contributed by atoms with van der Waals surface area (Å²) in [6, 6.07) is 8.93. The van der Waals surface area contributed by atoms with Gasteiger partial charge in [-0.3, -0.25) is 14.5 Å². The Bertz CT molecular complexity index is 980. The van der Waals surface area contributed by atoms with Crippen LogP contribution < -0.4 is 5.32 Å². The number of H-pyrrole nitrogens is 1. The number of aryl methyl sites for hydroxylation is 2. The van der Waals surface area contributed by atoms with Crippen LogP contribution in [0.1, 0.15) is 53.0 Å². The van der Waals surface area contributed by atoms with Crippen LogP contribution >= 0.6 is 0 Å². The third-order valence-electron chi connectivity index (χ3n) is 7.07. The Balaban J connectivity index is 1.22. The lowest BCUT2D eigenvalue weighted by molar-refractivity contribution is -0.126. The van der Waals surface area contributed by atoms with Crippen LogP contribution in [0.4, 0.5) is 4.39 Å². The maximum absolute atomic E-state index is 13.9. The van der Waals surface area contributed by atoms with Crippen LogP contribution in [-0.2, 0) is 11.3 Å². The summed E-state index contributed by atoms with van der Waals surface area (Å²) in [5.41, 5.74) is 3.30. The summed E-state index contributed by atoms with van der Waals surface area (Å²) < 4.78 is 13.9. The number of nitrogens with one attached hydrogen (secondary N) is 2. The number of halogens is 1. The van der Waals surface area contributed by atoms with Gasteiger partial charge in [0.15, 0.2) is 0 Å². The van der Waals surface area contributed by atoms with E-state index in [0.29, 0.717) is 37.8 Å². The fourth-order valence-corrected chi connectivity index (χ4v) is 5.09. The molecular formula is C26H35FN4O2. The maximum atomic E-state index is 13.9. The molecule has 0 spiro atoms. The van der Waals surface area contributed by atoms with Crippen molar-refractivity contribution in [3.63, 3.8) is 0 Å². The smallest absolute Gasteiger partial charge is 0.270 e. The molecule has 0 saturated carbocycles. The molecule has 1 atom stereocenters. The molecule has 7 heteroatoms. The van der Waals surface area contributed by atoms with Crippen molar-refractivity contribution in [1.29, 1.82) is 0 Å². The van der Waals surface area contributed by atoms with Gasteiger partial charge in [-0.1, -0.05) is 18.2 Å². The molecule has 0 aliphatic carbocycles. The van der Waals surface area contributed by atoms with Gasteiger partial charge in [-0.05, 0) is 76.2 Å². The quantitative estimate of drug-likeness (QED) is 0.700. The molecule has 2 fully saturated rings. The van der Waals surface area contributed by atoms with Crippen LogP contribution in [-0.4, -0.2) is 59.3 Å². The van der Waals surface area contributed by atoms with Gasteiger partial charge in [-0.25, -0.2) is 4.39 Å². The number of benzene rings is 1. The summed E-state index contributed by atoms with van der Waals surface area (Å²) in [6.45, 7) is 8.19. The maximum Gasteiger partial charge on any atom is 0.270 e. The first kappa shape index (κ1) is 23.5. The number of likely N-dealkylation sites (tertiary alicyclic amines) is 2. The minimum Gasteiger partial charge on any atom is -0.356 e. The third-order valence-corrected chi connectivity index (χ3v) is 7.07. The summed E-state index contributed by atoms with van der Waals surface area (Å²) in [5.74, 6) is 0.186. The summed E-state index contributed by atoms with van der Waals surface area (Å²) in [5, 5.41) is 3.15. The number of aromatic nitrogens is 1. The Labute approximate surface area is 195 Å². The number of hydrogen-bond donors (Lipinski definition) is 2. The molecular weight excluding hydrogens is 419 g/mol. The molecule has 0 bridgehead atoms. The molecule has 2 saturated heterocycles. The Morgan fingerprint density at radius 3 is 2.58 bits per heavy atom. The van der Waals surface area contributed by atoms with Gasteiger partial charge >= 0.3 is 0 Å². The van der Waals surface area contributed by atoms with Crippen LogP contribution in [0.15, 0.2) is 30.3 Å². The number of aromatic amines is 1. The van der Waals surface area contributed by atoms with E-state index in [2.05, 4.69) is 15.2 Å². The average molecular weight is 455 g/mol. The van der Waals surface area contributed by atoms with Crippen molar-refractivity contribution >= 4 is 11.8 Å². The predicted molar refractivity (Wildman–Crippen MR) is 126 cm³/mol. The fourth-order valence-electron chi connectivity index (χ4n) is 5.09. The van der Waals surface area contributed by atoms with E-state index in [1.54, 1.807) is 6.07 Å². The van der Waals surface area contributed by atoms with E-state index < -0.39 is 0 Å². The third kappa shape index (κ3) is 5.82. The second-order valence-corrected chi connectivity index (χ2v) is 9.66. The molecule has 2 aliphatic rings. The molecule has 33 heavy (non-hydrogen) atoms. The van der Waals surface area contributed by atoms with Crippen LogP contribution in [0.2, 0.25) is 0 Å². The fraction of sp³-hybridized carbons (Fsp3) is 0.538. The Morgan fingerprint density at radius 2 is 1.88 bits per heavy atom. The van der Waals surface area contributed by atoms with Crippen LogP contribution in [0.5, 0.6) is 0 Å². The second-order valence-electron chi connectivity index (χ2n) is 9.66. The molecule has 2 aliphatic heterocycles. The van der Waals surface area contributed by atoms with Crippen LogP contribution in [0.3, 0.4) is 0 Å². The van der Waals surface area contributed by atoms with Gasteiger partial charge in [0.1, 0.15) is 11.5 Å². The summed E-state index contributed by atoms with van der Waals surface area (Å²) in [6.07, 6.45) is 3.65. The molecule has 2 N–H and O–H groups in total. The van der Waals surface area contributed by atoms with Crippen molar-refractivity contribution < 1.29 is 14.0 Å². The topological polar surface area (TPSA) is 68.4 Å². The van der Waals surface area contributed by atoms with Gasteiger partial charge in [0, 0.05) is 37.4 Å². The lowest BCUT2D eigenvalue weighted by Crippen LogP contribution is -2.47. The number of carbonyl (C=O) groups is 2.